The van der Waals surface area contributed by atoms with Crippen LogP contribution < -0.4 is 5.43 Å². The predicted octanol–water partition coefficient (Wildman–Crippen LogP) is 0.772. The summed E-state index contributed by atoms with van der Waals surface area (Å²) in [5.41, 5.74) is -1.02. The molecule has 0 saturated heterocycles. The fraction of sp³-hybridized carbons (Fsp3) is 0.333. The third-order valence-electron chi connectivity index (χ3n) is 3.72. The van der Waals surface area contributed by atoms with E-state index in [-0.39, 0.29) is 35.3 Å². The van der Waals surface area contributed by atoms with Crippen molar-refractivity contribution in [1.29, 1.82) is 0 Å². The van der Waals surface area contributed by atoms with Gasteiger partial charge >= 0.3 is 5.97 Å². The molecule has 0 bridgehead atoms. The molecule has 122 valence electrons. The van der Waals surface area contributed by atoms with Gasteiger partial charge in [-0.2, -0.15) is 0 Å². The van der Waals surface area contributed by atoms with Gasteiger partial charge in [-0.1, -0.05) is 0 Å². The van der Waals surface area contributed by atoms with Crippen LogP contribution in [0, 0.1) is 0 Å². The van der Waals surface area contributed by atoms with Crippen LogP contribution in [0.25, 0.3) is 11.0 Å². The minimum Gasteiger partial charge on any atom is -0.504 e. The highest BCUT2D eigenvalue weighted by molar-refractivity contribution is 6.06. The van der Waals surface area contributed by atoms with Crippen molar-refractivity contribution in [1.82, 2.24) is 0 Å². The number of hydrogen-bond donors (Lipinski definition) is 3. The van der Waals surface area contributed by atoms with E-state index < -0.39 is 34.2 Å². The summed E-state index contributed by atoms with van der Waals surface area (Å²) in [6, 6.07) is 1.03. The molecular formula is C15H14O8. The van der Waals surface area contributed by atoms with Crippen molar-refractivity contribution in [3.63, 3.8) is 0 Å². The van der Waals surface area contributed by atoms with Gasteiger partial charge in [0.25, 0.3) is 0 Å². The van der Waals surface area contributed by atoms with Crippen LogP contribution in [0.4, 0.5) is 0 Å². The minimum atomic E-state index is -1.49. The summed E-state index contributed by atoms with van der Waals surface area (Å²) in [7, 11) is 1.08. The Morgan fingerprint density at radius 3 is 2.74 bits per heavy atom. The molecule has 0 radical (unpaired) electrons. The van der Waals surface area contributed by atoms with Gasteiger partial charge in [0, 0.05) is 6.07 Å². The monoisotopic (exact) mass is 322 g/mol. The van der Waals surface area contributed by atoms with Crippen LogP contribution in [0.3, 0.4) is 0 Å². The summed E-state index contributed by atoms with van der Waals surface area (Å²) in [6.45, 7) is 1.22. The zero-order chi connectivity index (χ0) is 16.9. The molecule has 8 nitrogen and oxygen atoms in total. The van der Waals surface area contributed by atoms with E-state index in [0.29, 0.717) is 0 Å². The van der Waals surface area contributed by atoms with Gasteiger partial charge in [-0.3, -0.25) is 4.79 Å². The van der Waals surface area contributed by atoms with E-state index in [2.05, 4.69) is 4.74 Å². The number of methoxy groups -OCH3 is 1. The number of rotatable bonds is 1. The Balaban J connectivity index is 2.40. The molecule has 8 heteroatoms. The molecular weight excluding hydrogens is 308 g/mol. The van der Waals surface area contributed by atoms with E-state index in [1.54, 1.807) is 0 Å². The number of phenols is 2. The van der Waals surface area contributed by atoms with Crippen molar-refractivity contribution in [3.05, 3.63) is 33.2 Å². The van der Waals surface area contributed by atoms with Crippen LogP contribution in [-0.2, 0) is 22.5 Å². The maximum absolute atomic E-state index is 12.7. The average Bonchev–Trinajstić information content (AvgIpc) is 2.47. The Morgan fingerprint density at radius 2 is 2.09 bits per heavy atom. The van der Waals surface area contributed by atoms with Gasteiger partial charge in [0.15, 0.2) is 22.7 Å². The first-order chi connectivity index (χ1) is 10.7. The van der Waals surface area contributed by atoms with Crippen molar-refractivity contribution in [2.45, 2.75) is 25.7 Å². The van der Waals surface area contributed by atoms with E-state index in [1.807, 2.05) is 0 Å². The Bertz CT molecular complexity index is 877. The summed E-state index contributed by atoms with van der Waals surface area (Å²) < 4.78 is 15.3. The van der Waals surface area contributed by atoms with Gasteiger partial charge in [-0.05, 0) is 6.92 Å². The number of aliphatic hydroxyl groups is 1. The fourth-order valence-corrected chi connectivity index (χ4v) is 2.58. The number of carbonyl (C=O) groups excluding carboxylic acids is 1. The van der Waals surface area contributed by atoms with Crippen LogP contribution in [-0.4, -0.2) is 34.2 Å². The number of fused-ring (bicyclic) bond motifs is 2. The molecule has 23 heavy (non-hydrogen) atoms. The topological polar surface area (TPSA) is 126 Å². The Morgan fingerprint density at radius 1 is 1.39 bits per heavy atom. The number of benzene rings is 1. The predicted molar refractivity (Wildman–Crippen MR) is 76.3 cm³/mol. The second kappa shape index (κ2) is 4.97. The van der Waals surface area contributed by atoms with Crippen molar-refractivity contribution >= 4 is 16.9 Å². The lowest BCUT2D eigenvalue weighted by atomic mass is 9.99. The molecule has 0 unspecified atom stereocenters. The van der Waals surface area contributed by atoms with Gasteiger partial charge in [-0.15, -0.1) is 0 Å². The highest BCUT2D eigenvalue weighted by atomic mass is 16.6. The van der Waals surface area contributed by atoms with Gasteiger partial charge in [0.1, 0.15) is 16.9 Å². The molecule has 0 saturated carbocycles. The maximum Gasteiger partial charge on any atom is 0.342 e. The molecule has 3 rings (SSSR count). The summed E-state index contributed by atoms with van der Waals surface area (Å²) in [5.74, 6) is -3.67. The maximum atomic E-state index is 12.7. The molecule has 1 aromatic heterocycles. The molecule has 1 aromatic carbocycles. The first-order valence-electron chi connectivity index (χ1n) is 6.73. The first kappa shape index (κ1) is 15.3. The van der Waals surface area contributed by atoms with Gasteiger partial charge in [0.2, 0.25) is 0 Å². The first-order valence-corrected chi connectivity index (χ1v) is 6.73. The minimum absolute atomic E-state index is 0.0668. The number of carbonyl (C=O) groups is 1. The number of ether oxygens (including phenoxy) is 2. The Kier molecular flexibility index (Phi) is 3.31. The third kappa shape index (κ3) is 2.32. The summed E-state index contributed by atoms with van der Waals surface area (Å²) >= 11 is 0. The van der Waals surface area contributed by atoms with Crippen molar-refractivity contribution < 1.29 is 34.0 Å². The third-order valence-corrected chi connectivity index (χ3v) is 3.72. The van der Waals surface area contributed by atoms with Crippen LogP contribution in [0.15, 0.2) is 15.3 Å². The van der Waals surface area contributed by atoms with Crippen LogP contribution >= 0.6 is 0 Å². The van der Waals surface area contributed by atoms with Crippen LogP contribution in [0.1, 0.15) is 28.6 Å². The normalized spacial score (nSPS) is 20.3. The quantitative estimate of drug-likeness (QED) is 0.519. The summed E-state index contributed by atoms with van der Waals surface area (Å²) in [4.78, 5) is 24.5. The number of phenolic OH excluding ortho intramolecular Hbond substituents is 2. The molecule has 2 heterocycles. The number of aromatic hydroxyl groups is 2. The highest BCUT2D eigenvalue weighted by Crippen LogP contribution is 2.37. The average molecular weight is 322 g/mol. The zero-order valence-electron chi connectivity index (χ0n) is 12.4. The number of hydrogen-bond acceptors (Lipinski definition) is 8. The Labute approximate surface area is 129 Å². The molecule has 2 aromatic rings. The van der Waals surface area contributed by atoms with E-state index in [9.17, 15) is 24.9 Å². The molecule has 1 aliphatic rings. The largest absolute Gasteiger partial charge is 0.504 e. The van der Waals surface area contributed by atoms with Gasteiger partial charge in [0.05, 0.1) is 31.1 Å². The fourth-order valence-electron chi connectivity index (χ4n) is 2.58. The lowest BCUT2D eigenvalue weighted by Crippen LogP contribution is -2.37. The smallest absolute Gasteiger partial charge is 0.342 e. The summed E-state index contributed by atoms with van der Waals surface area (Å²) in [5, 5.41) is 29.4. The SMILES string of the molecule is COC(=O)c1c(O)c(O)cc2oc3c(c(=O)c12)CO[C@@](C)(O)C3. The van der Waals surface area contributed by atoms with Gasteiger partial charge in [-0.25, -0.2) is 4.79 Å². The molecule has 0 spiro atoms. The zero-order valence-corrected chi connectivity index (χ0v) is 12.4. The molecule has 0 amide bonds. The van der Waals surface area contributed by atoms with Crippen LogP contribution in [0.2, 0.25) is 0 Å². The molecule has 0 fully saturated rings. The van der Waals surface area contributed by atoms with Crippen molar-refractivity contribution in [2.75, 3.05) is 7.11 Å². The molecule has 1 atom stereocenters. The second-order valence-corrected chi connectivity index (χ2v) is 5.46. The highest BCUT2D eigenvalue weighted by Gasteiger charge is 2.34. The molecule has 3 N–H and O–H groups in total. The lowest BCUT2D eigenvalue weighted by Gasteiger charge is -2.28. The van der Waals surface area contributed by atoms with E-state index >= 15 is 0 Å². The molecule has 1 aliphatic heterocycles. The second-order valence-electron chi connectivity index (χ2n) is 5.46. The van der Waals surface area contributed by atoms with E-state index in [1.165, 1.54) is 6.92 Å². The summed E-state index contributed by atoms with van der Waals surface area (Å²) in [6.07, 6.45) is -0.0668. The lowest BCUT2D eigenvalue weighted by molar-refractivity contribution is -0.207. The van der Waals surface area contributed by atoms with E-state index in [0.717, 1.165) is 13.2 Å². The van der Waals surface area contributed by atoms with E-state index in [4.69, 9.17) is 9.15 Å². The Hall–Kier alpha value is -2.58. The molecule has 0 aliphatic carbocycles. The van der Waals surface area contributed by atoms with Crippen molar-refractivity contribution in [3.8, 4) is 11.5 Å². The van der Waals surface area contributed by atoms with Crippen LogP contribution in [0.5, 0.6) is 11.5 Å². The number of esters is 1. The van der Waals surface area contributed by atoms with Gasteiger partial charge < -0.3 is 29.2 Å². The standard InChI is InChI=1S/C15H14O8/c1-15(20)4-9-6(5-22-15)12(17)10-8(23-9)3-7(16)13(18)11(10)14(19)21-2/h3,16,18,20H,4-5H2,1-2H3/t15-/m1/s1. The van der Waals surface area contributed by atoms with Crippen molar-refractivity contribution in [2.24, 2.45) is 0 Å².